The molecule has 1 rings (SSSR count). The Bertz CT molecular complexity index is 712. The second-order valence-corrected chi connectivity index (χ2v) is 10.4. The minimum Gasteiger partial charge on any atom is -0.370 e. The molecule has 0 saturated carbocycles. The lowest BCUT2D eigenvalue weighted by molar-refractivity contribution is 0.559. The summed E-state index contributed by atoms with van der Waals surface area (Å²) in [6, 6.07) is 5.65. The maximum absolute atomic E-state index is 12.8. The van der Waals surface area contributed by atoms with Crippen molar-refractivity contribution >= 4 is 28.4 Å². The molecular formula is C19H35ClN4O2S. The summed E-state index contributed by atoms with van der Waals surface area (Å²) < 4.78 is 28.2. The zero-order valence-electron chi connectivity index (χ0n) is 17.3. The van der Waals surface area contributed by atoms with Gasteiger partial charge in [0.25, 0.3) is 0 Å². The molecule has 0 bridgehead atoms. The van der Waals surface area contributed by atoms with Crippen molar-refractivity contribution in [3.63, 3.8) is 0 Å². The van der Waals surface area contributed by atoms with Crippen LogP contribution in [0.15, 0.2) is 28.1 Å². The third-order valence-corrected chi connectivity index (χ3v) is 5.56. The largest absolute Gasteiger partial charge is 0.370 e. The Morgan fingerprint density at radius 1 is 0.963 bits per heavy atom. The normalized spacial score (nSPS) is 12.4. The summed E-state index contributed by atoms with van der Waals surface area (Å²) in [5.74, 6) is 0.0549. The number of benzene rings is 1. The van der Waals surface area contributed by atoms with Gasteiger partial charge in [-0.15, -0.1) is 12.4 Å². The maximum atomic E-state index is 12.8. The number of hydrogen-bond donors (Lipinski definition) is 3. The molecule has 0 atom stereocenters. The first kappa shape index (κ1) is 25.7. The van der Waals surface area contributed by atoms with Crippen molar-refractivity contribution in [2.75, 3.05) is 13.1 Å². The summed E-state index contributed by atoms with van der Waals surface area (Å²) in [6.45, 7) is 13.4. The number of nitrogens with zero attached hydrogens (tertiary/aromatic N) is 1. The van der Waals surface area contributed by atoms with Crippen LogP contribution in [0.2, 0.25) is 0 Å². The average molecular weight is 419 g/mol. The Balaban J connectivity index is 0.00000676. The summed E-state index contributed by atoms with van der Waals surface area (Å²) in [5, 5.41) is 0. The lowest BCUT2D eigenvalue weighted by Gasteiger charge is -2.26. The molecule has 0 saturated heterocycles. The lowest BCUT2D eigenvalue weighted by Crippen LogP contribution is -2.27. The topological polar surface area (TPSA) is 111 Å². The molecule has 8 heteroatoms. The number of nitrogens with one attached hydrogen (secondary N) is 1. The van der Waals surface area contributed by atoms with Crippen molar-refractivity contribution in [3.05, 3.63) is 29.3 Å². The van der Waals surface area contributed by atoms with Gasteiger partial charge < -0.3 is 11.5 Å². The van der Waals surface area contributed by atoms with Crippen LogP contribution in [0.25, 0.3) is 0 Å². The second kappa shape index (κ2) is 9.75. The molecular weight excluding hydrogens is 384 g/mol. The van der Waals surface area contributed by atoms with Crippen LogP contribution >= 0.6 is 12.4 Å². The zero-order valence-corrected chi connectivity index (χ0v) is 18.9. The standard InChI is InChI=1S/C19H34N4O2S.ClH/c1-18(2,3)14-11-15(19(4,5)6)13-16(12-14)26(24,25)23-10-8-7-9-22-17(20)21;/h11-13,23H,7-10H2,1-6H3,(H4,20,21,22);1H. The molecule has 0 aromatic heterocycles. The van der Waals surface area contributed by atoms with Gasteiger partial charge in [0, 0.05) is 13.1 Å². The maximum Gasteiger partial charge on any atom is 0.240 e. The zero-order chi connectivity index (χ0) is 20.2. The van der Waals surface area contributed by atoms with Crippen molar-refractivity contribution in [2.45, 2.75) is 70.1 Å². The van der Waals surface area contributed by atoms with Crippen LogP contribution in [0.5, 0.6) is 0 Å². The van der Waals surface area contributed by atoms with Gasteiger partial charge in [0.15, 0.2) is 5.96 Å². The van der Waals surface area contributed by atoms with Crippen molar-refractivity contribution < 1.29 is 8.42 Å². The smallest absolute Gasteiger partial charge is 0.240 e. The van der Waals surface area contributed by atoms with E-state index < -0.39 is 10.0 Å². The summed E-state index contributed by atoms with van der Waals surface area (Å²) >= 11 is 0. The molecule has 0 aliphatic carbocycles. The molecule has 0 amide bonds. The number of aliphatic imine (C=N–C) groups is 1. The number of unbranched alkanes of at least 4 members (excludes halogenated alkanes) is 1. The van der Waals surface area contributed by atoms with Crippen LogP contribution in [0, 0.1) is 0 Å². The van der Waals surface area contributed by atoms with E-state index in [0.29, 0.717) is 24.4 Å². The van der Waals surface area contributed by atoms with Crippen LogP contribution in [0.1, 0.15) is 65.5 Å². The van der Waals surface area contributed by atoms with Gasteiger partial charge in [-0.3, -0.25) is 4.99 Å². The molecule has 27 heavy (non-hydrogen) atoms. The van der Waals surface area contributed by atoms with Crippen molar-refractivity contribution in [1.29, 1.82) is 0 Å². The van der Waals surface area contributed by atoms with E-state index >= 15 is 0 Å². The molecule has 1 aromatic rings. The number of guanidine groups is 1. The van der Waals surface area contributed by atoms with Crippen molar-refractivity contribution in [2.24, 2.45) is 16.5 Å². The van der Waals surface area contributed by atoms with E-state index in [-0.39, 0.29) is 29.2 Å². The average Bonchev–Trinajstić information content (AvgIpc) is 2.48. The van der Waals surface area contributed by atoms with Gasteiger partial charge in [0.1, 0.15) is 0 Å². The fourth-order valence-corrected chi connectivity index (χ4v) is 3.50. The Hall–Kier alpha value is -1.31. The van der Waals surface area contributed by atoms with Crippen LogP contribution in [0.4, 0.5) is 0 Å². The van der Waals surface area contributed by atoms with Crippen molar-refractivity contribution in [3.8, 4) is 0 Å². The molecule has 0 aliphatic rings. The van der Waals surface area contributed by atoms with Gasteiger partial charge in [-0.05, 0) is 46.9 Å². The fraction of sp³-hybridized carbons (Fsp3) is 0.632. The van der Waals surface area contributed by atoms with Gasteiger partial charge in [0.2, 0.25) is 10.0 Å². The van der Waals surface area contributed by atoms with E-state index in [1.807, 2.05) is 0 Å². The highest BCUT2D eigenvalue weighted by Crippen LogP contribution is 2.31. The first-order valence-electron chi connectivity index (χ1n) is 8.94. The Kier molecular flexibility index (Phi) is 9.28. The summed E-state index contributed by atoms with van der Waals surface area (Å²) in [7, 11) is -3.56. The molecule has 6 nitrogen and oxygen atoms in total. The predicted octanol–water partition coefficient (Wildman–Crippen LogP) is 3.04. The van der Waals surface area contributed by atoms with Gasteiger partial charge in [-0.2, -0.15) is 0 Å². The Morgan fingerprint density at radius 2 is 1.44 bits per heavy atom. The van der Waals surface area contributed by atoms with E-state index in [2.05, 4.69) is 57.3 Å². The van der Waals surface area contributed by atoms with E-state index in [1.165, 1.54) is 0 Å². The first-order valence-corrected chi connectivity index (χ1v) is 10.4. The Labute approximate surface area is 170 Å². The van der Waals surface area contributed by atoms with Gasteiger partial charge in [0.05, 0.1) is 4.90 Å². The molecule has 156 valence electrons. The molecule has 0 unspecified atom stereocenters. The van der Waals surface area contributed by atoms with Gasteiger partial charge >= 0.3 is 0 Å². The van der Waals surface area contributed by atoms with E-state index in [9.17, 15) is 8.42 Å². The van der Waals surface area contributed by atoms with Crippen LogP contribution in [-0.2, 0) is 20.9 Å². The molecule has 0 radical (unpaired) electrons. The highest BCUT2D eigenvalue weighted by molar-refractivity contribution is 7.89. The molecule has 5 N–H and O–H groups in total. The number of halogens is 1. The molecule has 0 fully saturated rings. The third kappa shape index (κ3) is 8.49. The monoisotopic (exact) mass is 418 g/mol. The summed E-state index contributed by atoms with van der Waals surface area (Å²) in [6.07, 6.45) is 1.39. The van der Waals surface area contributed by atoms with Crippen LogP contribution < -0.4 is 16.2 Å². The number of nitrogens with two attached hydrogens (primary N) is 2. The summed E-state index contributed by atoms with van der Waals surface area (Å²) in [4.78, 5) is 4.21. The fourth-order valence-electron chi connectivity index (χ4n) is 2.36. The van der Waals surface area contributed by atoms with E-state index in [0.717, 1.165) is 17.5 Å². The quantitative estimate of drug-likeness (QED) is 0.359. The van der Waals surface area contributed by atoms with E-state index in [4.69, 9.17) is 11.5 Å². The highest BCUT2D eigenvalue weighted by atomic mass is 35.5. The van der Waals surface area contributed by atoms with E-state index in [1.54, 1.807) is 12.1 Å². The highest BCUT2D eigenvalue weighted by Gasteiger charge is 2.24. The summed E-state index contributed by atoms with van der Waals surface area (Å²) in [5.41, 5.74) is 12.3. The minimum absolute atomic E-state index is 0. The SMILES string of the molecule is CC(C)(C)c1cc(C(C)(C)C)cc(S(=O)(=O)NCCCCN=C(N)N)c1.Cl. The predicted molar refractivity (Wildman–Crippen MR) is 116 cm³/mol. The second-order valence-electron chi connectivity index (χ2n) is 8.66. The first-order chi connectivity index (χ1) is 11.7. The van der Waals surface area contributed by atoms with Crippen LogP contribution in [-0.4, -0.2) is 27.5 Å². The Morgan fingerprint density at radius 3 is 1.85 bits per heavy atom. The number of hydrogen-bond acceptors (Lipinski definition) is 3. The number of rotatable bonds is 7. The molecule has 0 aliphatic heterocycles. The molecule has 0 spiro atoms. The lowest BCUT2D eigenvalue weighted by atomic mass is 9.81. The minimum atomic E-state index is -3.56. The third-order valence-electron chi connectivity index (χ3n) is 4.12. The van der Waals surface area contributed by atoms with Crippen LogP contribution in [0.3, 0.4) is 0 Å². The van der Waals surface area contributed by atoms with Gasteiger partial charge in [-0.1, -0.05) is 47.6 Å². The van der Waals surface area contributed by atoms with Crippen molar-refractivity contribution in [1.82, 2.24) is 4.72 Å². The molecule has 1 aromatic carbocycles. The van der Waals surface area contributed by atoms with Gasteiger partial charge in [-0.25, -0.2) is 13.1 Å². The molecule has 0 heterocycles. The number of sulfonamides is 1.